The first-order valence-corrected chi connectivity index (χ1v) is 7.44. The summed E-state index contributed by atoms with van der Waals surface area (Å²) in [7, 11) is 0. The van der Waals surface area contributed by atoms with E-state index < -0.39 is 0 Å². The number of ether oxygens (including phenoxy) is 1. The third-order valence-electron chi connectivity index (χ3n) is 3.74. The molecule has 0 fully saturated rings. The highest BCUT2D eigenvalue weighted by Crippen LogP contribution is 2.27. The van der Waals surface area contributed by atoms with Gasteiger partial charge in [0.05, 0.1) is 5.56 Å². The Morgan fingerprint density at radius 1 is 1.08 bits per heavy atom. The summed E-state index contributed by atoms with van der Waals surface area (Å²) in [4.78, 5) is 16.1. The standard InChI is InChI=1S/C17H14N4O3/c22-17-13-3-1-2-4-14(13)19-16(20-17)11-5-7-12(8-6-11)23-9-15-18-10-24-21-15/h1-8,10,16,19H,9H2,(H,20,22)/t16-/m0/s1. The zero-order valence-electron chi connectivity index (χ0n) is 12.6. The lowest BCUT2D eigenvalue weighted by Crippen LogP contribution is -2.38. The normalized spacial score (nSPS) is 16.0. The van der Waals surface area contributed by atoms with Gasteiger partial charge in [-0.3, -0.25) is 4.79 Å². The second-order valence-electron chi connectivity index (χ2n) is 5.30. The van der Waals surface area contributed by atoms with Crippen molar-refractivity contribution >= 4 is 11.6 Å². The van der Waals surface area contributed by atoms with Crippen molar-refractivity contribution in [2.75, 3.05) is 5.32 Å². The van der Waals surface area contributed by atoms with Crippen molar-refractivity contribution in [1.29, 1.82) is 0 Å². The number of carbonyl (C=O) groups is 1. The second-order valence-corrected chi connectivity index (χ2v) is 5.30. The molecule has 24 heavy (non-hydrogen) atoms. The summed E-state index contributed by atoms with van der Waals surface area (Å²) >= 11 is 0. The smallest absolute Gasteiger partial charge is 0.255 e. The van der Waals surface area contributed by atoms with E-state index in [1.165, 1.54) is 6.39 Å². The molecule has 0 bridgehead atoms. The molecule has 1 atom stereocenters. The van der Waals surface area contributed by atoms with Gasteiger partial charge >= 0.3 is 0 Å². The van der Waals surface area contributed by atoms with Gasteiger partial charge in [0, 0.05) is 5.69 Å². The fraction of sp³-hybridized carbons (Fsp3) is 0.118. The summed E-state index contributed by atoms with van der Waals surface area (Å²) in [5.74, 6) is 1.08. The molecule has 1 amide bonds. The van der Waals surface area contributed by atoms with Crippen LogP contribution in [0.1, 0.15) is 27.9 Å². The molecule has 7 nitrogen and oxygen atoms in total. The first-order chi connectivity index (χ1) is 11.8. The molecule has 0 aliphatic carbocycles. The molecule has 0 unspecified atom stereocenters. The Morgan fingerprint density at radius 3 is 2.71 bits per heavy atom. The van der Waals surface area contributed by atoms with Gasteiger partial charge in [0.2, 0.25) is 12.2 Å². The first-order valence-electron chi connectivity index (χ1n) is 7.44. The van der Waals surface area contributed by atoms with Crippen LogP contribution in [0.3, 0.4) is 0 Å². The SMILES string of the molecule is O=C1N[C@@H](c2ccc(OCc3ncon3)cc2)Nc2ccccc21. The van der Waals surface area contributed by atoms with Gasteiger partial charge in [-0.25, -0.2) is 0 Å². The molecule has 1 aliphatic rings. The molecular weight excluding hydrogens is 308 g/mol. The predicted octanol–water partition coefficient (Wildman–Crippen LogP) is 2.50. The van der Waals surface area contributed by atoms with E-state index in [2.05, 4.69) is 25.3 Å². The van der Waals surface area contributed by atoms with Crippen LogP contribution in [-0.4, -0.2) is 16.0 Å². The number of fused-ring (bicyclic) bond motifs is 1. The van der Waals surface area contributed by atoms with Gasteiger partial charge in [-0.15, -0.1) is 0 Å². The zero-order chi connectivity index (χ0) is 16.4. The molecular formula is C17H14N4O3. The number of nitrogens with one attached hydrogen (secondary N) is 2. The van der Waals surface area contributed by atoms with Crippen LogP contribution < -0.4 is 15.4 Å². The summed E-state index contributed by atoms with van der Waals surface area (Å²) in [5, 5.41) is 9.94. The van der Waals surface area contributed by atoms with Crippen molar-refractivity contribution in [3.8, 4) is 5.75 Å². The van der Waals surface area contributed by atoms with Gasteiger partial charge < -0.3 is 19.9 Å². The molecule has 0 saturated carbocycles. The summed E-state index contributed by atoms with van der Waals surface area (Å²) < 4.78 is 10.2. The van der Waals surface area contributed by atoms with Crippen LogP contribution in [0, 0.1) is 0 Å². The summed E-state index contributed by atoms with van der Waals surface area (Å²) in [6.07, 6.45) is 0.982. The molecule has 2 N–H and O–H groups in total. The average Bonchev–Trinajstić information content (AvgIpc) is 3.14. The van der Waals surface area contributed by atoms with Gasteiger partial charge in [-0.1, -0.05) is 29.4 Å². The Kier molecular flexibility index (Phi) is 3.59. The molecule has 0 radical (unpaired) electrons. The monoisotopic (exact) mass is 322 g/mol. The number of carbonyl (C=O) groups excluding carboxylic acids is 1. The lowest BCUT2D eigenvalue weighted by Gasteiger charge is -2.28. The number of hydrogen-bond acceptors (Lipinski definition) is 6. The fourth-order valence-electron chi connectivity index (χ4n) is 2.53. The Balaban J connectivity index is 1.46. The Hall–Kier alpha value is -3.35. The number of benzene rings is 2. The average molecular weight is 322 g/mol. The molecule has 2 aromatic carbocycles. The van der Waals surface area contributed by atoms with Crippen LogP contribution in [0.2, 0.25) is 0 Å². The van der Waals surface area contributed by atoms with Crippen molar-refractivity contribution in [3.63, 3.8) is 0 Å². The molecule has 2 heterocycles. The lowest BCUT2D eigenvalue weighted by atomic mass is 10.1. The van der Waals surface area contributed by atoms with Crippen molar-refractivity contribution in [3.05, 3.63) is 71.9 Å². The lowest BCUT2D eigenvalue weighted by molar-refractivity contribution is 0.0935. The molecule has 1 aromatic heterocycles. The van der Waals surface area contributed by atoms with E-state index in [0.29, 0.717) is 17.1 Å². The van der Waals surface area contributed by atoms with E-state index in [0.717, 1.165) is 11.3 Å². The Morgan fingerprint density at radius 2 is 1.92 bits per heavy atom. The summed E-state index contributed by atoms with van der Waals surface area (Å²) in [6, 6.07) is 14.9. The van der Waals surface area contributed by atoms with E-state index in [1.54, 1.807) is 6.07 Å². The molecule has 3 aromatic rings. The molecule has 1 aliphatic heterocycles. The van der Waals surface area contributed by atoms with E-state index >= 15 is 0 Å². The number of nitrogens with zero attached hydrogens (tertiary/aromatic N) is 2. The van der Waals surface area contributed by atoms with Crippen molar-refractivity contribution in [2.24, 2.45) is 0 Å². The minimum atomic E-state index is -0.279. The third kappa shape index (κ3) is 2.79. The maximum absolute atomic E-state index is 12.2. The van der Waals surface area contributed by atoms with Gasteiger partial charge in [0.25, 0.3) is 5.91 Å². The summed E-state index contributed by atoms with van der Waals surface area (Å²) in [5.41, 5.74) is 2.40. The van der Waals surface area contributed by atoms with E-state index in [9.17, 15) is 4.79 Å². The number of hydrogen-bond donors (Lipinski definition) is 2. The molecule has 120 valence electrons. The molecule has 7 heteroatoms. The maximum Gasteiger partial charge on any atom is 0.255 e. The molecule has 0 saturated heterocycles. The second kappa shape index (κ2) is 6.04. The van der Waals surface area contributed by atoms with E-state index in [1.807, 2.05) is 42.5 Å². The number of para-hydroxylation sites is 1. The van der Waals surface area contributed by atoms with Gasteiger partial charge in [0.1, 0.15) is 11.9 Å². The Bertz CT molecular complexity index is 847. The van der Waals surface area contributed by atoms with Gasteiger partial charge in [0.15, 0.2) is 6.61 Å². The minimum Gasteiger partial charge on any atom is -0.485 e. The van der Waals surface area contributed by atoms with Crippen molar-refractivity contribution in [1.82, 2.24) is 15.5 Å². The number of anilines is 1. The van der Waals surface area contributed by atoms with Crippen LogP contribution in [0.25, 0.3) is 0 Å². The van der Waals surface area contributed by atoms with Crippen molar-refractivity contribution in [2.45, 2.75) is 12.8 Å². The highest BCUT2D eigenvalue weighted by atomic mass is 16.5. The molecule has 4 rings (SSSR count). The van der Waals surface area contributed by atoms with Gasteiger partial charge in [-0.05, 0) is 29.8 Å². The van der Waals surface area contributed by atoms with E-state index in [-0.39, 0.29) is 18.7 Å². The third-order valence-corrected chi connectivity index (χ3v) is 3.74. The topological polar surface area (TPSA) is 89.3 Å². The number of aromatic nitrogens is 2. The maximum atomic E-state index is 12.2. The largest absolute Gasteiger partial charge is 0.485 e. The van der Waals surface area contributed by atoms with Gasteiger partial charge in [-0.2, -0.15) is 4.98 Å². The highest BCUT2D eigenvalue weighted by Gasteiger charge is 2.23. The van der Waals surface area contributed by atoms with Crippen LogP contribution in [0.15, 0.2) is 59.4 Å². The summed E-state index contributed by atoms with van der Waals surface area (Å²) in [6.45, 7) is 0.238. The zero-order valence-corrected chi connectivity index (χ0v) is 12.6. The van der Waals surface area contributed by atoms with Crippen LogP contribution in [-0.2, 0) is 6.61 Å². The van der Waals surface area contributed by atoms with Crippen LogP contribution >= 0.6 is 0 Å². The predicted molar refractivity (Wildman–Crippen MR) is 85.3 cm³/mol. The van der Waals surface area contributed by atoms with Crippen LogP contribution in [0.4, 0.5) is 5.69 Å². The Labute approximate surface area is 137 Å². The first kappa shape index (κ1) is 14.3. The fourth-order valence-corrected chi connectivity index (χ4v) is 2.53. The number of rotatable bonds is 4. The van der Waals surface area contributed by atoms with Crippen molar-refractivity contribution < 1.29 is 14.1 Å². The minimum absolute atomic E-state index is 0.0909. The quantitative estimate of drug-likeness (QED) is 0.767. The van der Waals surface area contributed by atoms with Crippen LogP contribution in [0.5, 0.6) is 5.75 Å². The highest BCUT2D eigenvalue weighted by molar-refractivity contribution is 6.01. The number of amides is 1. The van der Waals surface area contributed by atoms with E-state index in [4.69, 9.17) is 4.74 Å². The molecule has 0 spiro atoms.